The highest BCUT2D eigenvalue weighted by molar-refractivity contribution is 7.94. The van der Waals surface area contributed by atoms with Crippen LogP contribution in [0.25, 0.3) is 6.08 Å². The summed E-state index contributed by atoms with van der Waals surface area (Å²) in [6.45, 7) is 6.85. The van der Waals surface area contributed by atoms with Gasteiger partial charge < -0.3 is 4.74 Å². The normalized spacial score (nSPS) is 13.0. The highest BCUT2D eigenvalue weighted by Gasteiger charge is 2.30. The van der Waals surface area contributed by atoms with E-state index in [1.54, 1.807) is 52.0 Å². The Morgan fingerprint density at radius 3 is 2.29 bits per heavy atom. The first kappa shape index (κ1) is 17.4. The fraction of sp³-hybridized carbons (Fsp3) is 0.400. The largest absolute Gasteiger partial charge is 0.462 e. The summed E-state index contributed by atoms with van der Waals surface area (Å²) >= 11 is 0. The standard InChI is InChI=1S/C15H21NO4S/c1-5-20-14(17)13(11-12-9-7-6-8-10-12)21(18,19)16-15(2,3)4/h6-11,16H,5H2,1-4H3. The molecule has 0 atom stereocenters. The lowest BCUT2D eigenvalue weighted by molar-refractivity contribution is -0.137. The van der Waals surface area contributed by atoms with E-state index in [4.69, 9.17) is 4.74 Å². The number of benzene rings is 1. The third kappa shape index (κ3) is 5.69. The Hall–Kier alpha value is -1.66. The van der Waals surface area contributed by atoms with Crippen LogP contribution in [0.4, 0.5) is 0 Å². The summed E-state index contributed by atoms with van der Waals surface area (Å²) in [5.74, 6) is -0.863. The predicted molar refractivity (Wildman–Crippen MR) is 82.9 cm³/mol. The first-order valence-corrected chi connectivity index (χ1v) is 8.12. The highest BCUT2D eigenvalue weighted by Crippen LogP contribution is 2.16. The maximum Gasteiger partial charge on any atom is 0.351 e. The predicted octanol–water partition coefficient (Wildman–Crippen LogP) is 2.31. The van der Waals surface area contributed by atoms with Crippen molar-refractivity contribution in [2.75, 3.05) is 6.61 Å². The molecule has 0 heterocycles. The second kappa shape index (κ2) is 6.87. The van der Waals surface area contributed by atoms with Crippen molar-refractivity contribution in [3.8, 4) is 0 Å². The molecule has 0 aliphatic rings. The van der Waals surface area contributed by atoms with Gasteiger partial charge in [-0.2, -0.15) is 0 Å². The highest BCUT2D eigenvalue weighted by atomic mass is 32.2. The van der Waals surface area contributed by atoms with Gasteiger partial charge in [0.2, 0.25) is 10.0 Å². The van der Waals surface area contributed by atoms with Crippen LogP contribution in [0.5, 0.6) is 0 Å². The minimum absolute atomic E-state index is 0.107. The third-order valence-corrected chi connectivity index (χ3v) is 4.05. The number of ether oxygens (including phenoxy) is 1. The summed E-state index contributed by atoms with van der Waals surface area (Å²) in [6, 6.07) is 8.76. The SMILES string of the molecule is CCOC(=O)C(=Cc1ccccc1)S(=O)(=O)NC(C)(C)C. The van der Waals surface area contributed by atoms with Crippen LogP contribution >= 0.6 is 0 Å². The number of carbonyl (C=O) groups excluding carboxylic acids is 1. The molecule has 0 aliphatic carbocycles. The molecule has 116 valence electrons. The smallest absolute Gasteiger partial charge is 0.351 e. The average molecular weight is 311 g/mol. The van der Waals surface area contributed by atoms with Crippen molar-refractivity contribution in [1.82, 2.24) is 4.72 Å². The summed E-state index contributed by atoms with van der Waals surface area (Å²) in [4.78, 5) is 11.6. The molecule has 0 spiro atoms. The topological polar surface area (TPSA) is 72.5 Å². The van der Waals surface area contributed by atoms with Gasteiger partial charge in [0.05, 0.1) is 6.61 Å². The molecule has 0 fully saturated rings. The first-order chi connectivity index (χ1) is 9.65. The van der Waals surface area contributed by atoms with E-state index in [0.717, 1.165) is 0 Å². The Labute approximate surface area is 126 Å². The number of rotatable bonds is 5. The van der Waals surface area contributed by atoms with E-state index in [0.29, 0.717) is 5.56 Å². The number of hydrogen-bond donors (Lipinski definition) is 1. The third-order valence-electron chi connectivity index (χ3n) is 2.30. The molecule has 5 nitrogen and oxygen atoms in total. The number of sulfonamides is 1. The van der Waals surface area contributed by atoms with Gasteiger partial charge in [0.15, 0.2) is 4.91 Å². The van der Waals surface area contributed by atoms with Crippen molar-refractivity contribution in [2.45, 2.75) is 33.2 Å². The van der Waals surface area contributed by atoms with Gasteiger partial charge in [-0.3, -0.25) is 0 Å². The molecule has 1 N–H and O–H groups in total. The van der Waals surface area contributed by atoms with E-state index in [-0.39, 0.29) is 6.61 Å². The molecule has 0 unspecified atom stereocenters. The van der Waals surface area contributed by atoms with Crippen molar-refractivity contribution in [2.24, 2.45) is 0 Å². The van der Waals surface area contributed by atoms with Gasteiger partial charge in [-0.05, 0) is 39.3 Å². The van der Waals surface area contributed by atoms with Crippen LogP contribution in [0.1, 0.15) is 33.3 Å². The molecule has 0 aliphatic heterocycles. The van der Waals surface area contributed by atoms with E-state index < -0.39 is 26.4 Å². The second-order valence-electron chi connectivity index (χ2n) is 5.50. The van der Waals surface area contributed by atoms with Crippen molar-refractivity contribution >= 4 is 22.1 Å². The molecule has 1 aromatic carbocycles. The van der Waals surface area contributed by atoms with Gasteiger partial charge in [-0.1, -0.05) is 30.3 Å². The minimum Gasteiger partial charge on any atom is -0.462 e. The monoisotopic (exact) mass is 311 g/mol. The number of carbonyl (C=O) groups is 1. The number of nitrogens with one attached hydrogen (secondary N) is 1. The van der Waals surface area contributed by atoms with Crippen LogP contribution in [0.3, 0.4) is 0 Å². The minimum atomic E-state index is -3.96. The molecular formula is C15H21NO4S. The van der Waals surface area contributed by atoms with Gasteiger partial charge >= 0.3 is 5.97 Å². The second-order valence-corrected chi connectivity index (χ2v) is 7.15. The molecular weight excluding hydrogens is 290 g/mol. The summed E-state index contributed by atoms with van der Waals surface area (Å²) in [5.41, 5.74) is -0.0824. The fourth-order valence-corrected chi connectivity index (χ4v) is 3.09. The Kier molecular flexibility index (Phi) is 5.69. The summed E-state index contributed by atoms with van der Waals surface area (Å²) in [7, 11) is -3.96. The van der Waals surface area contributed by atoms with E-state index in [1.807, 2.05) is 6.07 Å². The quantitative estimate of drug-likeness (QED) is 0.669. The fourth-order valence-electron chi connectivity index (χ4n) is 1.61. The van der Waals surface area contributed by atoms with Gasteiger partial charge in [0.25, 0.3) is 0 Å². The molecule has 6 heteroatoms. The van der Waals surface area contributed by atoms with E-state index in [2.05, 4.69) is 4.72 Å². The maximum atomic E-state index is 12.4. The van der Waals surface area contributed by atoms with Crippen LogP contribution < -0.4 is 4.72 Å². The van der Waals surface area contributed by atoms with E-state index in [1.165, 1.54) is 6.08 Å². The van der Waals surface area contributed by atoms with E-state index >= 15 is 0 Å². The summed E-state index contributed by atoms with van der Waals surface area (Å²) < 4.78 is 32.1. The Balaban J connectivity index is 3.27. The number of hydrogen-bond acceptors (Lipinski definition) is 4. The average Bonchev–Trinajstić information content (AvgIpc) is 2.34. The van der Waals surface area contributed by atoms with Crippen LogP contribution in [-0.2, 0) is 19.6 Å². The summed E-state index contributed by atoms with van der Waals surface area (Å²) in [6.07, 6.45) is 1.31. The lowest BCUT2D eigenvalue weighted by atomic mass is 10.1. The van der Waals surface area contributed by atoms with Crippen molar-refractivity contribution in [1.29, 1.82) is 0 Å². The first-order valence-electron chi connectivity index (χ1n) is 6.63. The Bertz CT molecular complexity index is 613. The summed E-state index contributed by atoms with van der Waals surface area (Å²) in [5, 5.41) is 0. The van der Waals surface area contributed by atoms with Gasteiger partial charge in [0.1, 0.15) is 0 Å². The van der Waals surface area contributed by atoms with Crippen molar-refractivity contribution in [3.05, 3.63) is 40.8 Å². The molecule has 21 heavy (non-hydrogen) atoms. The molecule has 1 rings (SSSR count). The van der Waals surface area contributed by atoms with Crippen molar-refractivity contribution in [3.63, 3.8) is 0 Å². The molecule has 0 saturated heterocycles. The molecule has 0 radical (unpaired) electrons. The number of esters is 1. The molecule has 1 aromatic rings. The maximum absolute atomic E-state index is 12.4. The van der Waals surface area contributed by atoms with Crippen LogP contribution in [0.15, 0.2) is 35.2 Å². The van der Waals surface area contributed by atoms with E-state index in [9.17, 15) is 13.2 Å². The lowest BCUT2D eigenvalue weighted by Crippen LogP contribution is -2.42. The van der Waals surface area contributed by atoms with Gasteiger partial charge in [-0.15, -0.1) is 0 Å². The Morgan fingerprint density at radius 1 is 1.24 bits per heavy atom. The molecule has 0 bridgehead atoms. The molecule has 0 amide bonds. The van der Waals surface area contributed by atoms with Crippen LogP contribution in [0.2, 0.25) is 0 Å². The Morgan fingerprint density at radius 2 is 1.81 bits per heavy atom. The van der Waals surface area contributed by atoms with Crippen LogP contribution in [0, 0.1) is 0 Å². The lowest BCUT2D eigenvalue weighted by Gasteiger charge is -2.21. The molecule has 0 aromatic heterocycles. The van der Waals surface area contributed by atoms with Crippen molar-refractivity contribution < 1.29 is 17.9 Å². The zero-order chi connectivity index (χ0) is 16.1. The van der Waals surface area contributed by atoms with Gasteiger partial charge in [-0.25, -0.2) is 17.9 Å². The van der Waals surface area contributed by atoms with Gasteiger partial charge in [0, 0.05) is 5.54 Å². The zero-order valence-electron chi connectivity index (χ0n) is 12.7. The molecule has 0 saturated carbocycles. The zero-order valence-corrected chi connectivity index (χ0v) is 13.5. The van der Waals surface area contributed by atoms with Crippen LogP contribution in [-0.4, -0.2) is 26.5 Å².